The maximum atomic E-state index is 5.61. The predicted octanol–water partition coefficient (Wildman–Crippen LogP) is 9.82. The van der Waals surface area contributed by atoms with Gasteiger partial charge in [0.15, 0.2) is 0 Å². The fraction of sp³-hybridized carbons (Fsp3) is 0.429. The Morgan fingerprint density at radius 2 is 0.646 bits per heavy atom. The van der Waals surface area contributed by atoms with Crippen molar-refractivity contribution in [1.82, 2.24) is 0 Å². The van der Waals surface area contributed by atoms with Gasteiger partial charge in [-0.05, 0) is 71.9 Å². The van der Waals surface area contributed by atoms with E-state index in [0.717, 1.165) is 88.4 Å². The average molecular weight is 661 g/mol. The summed E-state index contributed by atoms with van der Waals surface area (Å²) in [6, 6.07) is 24.8. The smallest absolute Gasteiger partial charge is 0.0716 e. The number of ether oxygens (including phenoxy) is 6. The SMILES string of the molecule is C=Cc1ccc(COCCCCCOC)cc1.C=Cc1ccc(COCCCCOC)cc1.C=Cc1ccc(COCCCOC)cc1. The maximum absolute atomic E-state index is 5.61. The summed E-state index contributed by atoms with van der Waals surface area (Å²) >= 11 is 0. The molecule has 264 valence electrons. The Morgan fingerprint density at radius 1 is 0.375 bits per heavy atom. The van der Waals surface area contributed by atoms with E-state index in [9.17, 15) is 0 Å². The van der Waals surface area contributed by atoms with Gasteiger partial charge in [-0.25, -0.2) is 0 Å². The van der Waals surface area contributed by atoms with Crippen LogP contribution >= 0.6 is 0 Å². The van der Waals surface area contributed by atoms with Crippen molar-refractivity contribution in [2.45, 2.75) is 58.3 Å². The molecule has 3 aromatic carbocycles. The average Bonchev–Trinajstić information content (AvgIpc) is 3.14. The minimum absolute atomic E-state index is 0.668. The Kier molecular flexibility index (Phi) is 27.5. The van der Waals surface area contributed by atoms with Crippen LogP contribution in [-0.4, -0.2) is 61.0 Å². The number of hydrogen-bond acceptors (Lipinski definition) is 6. The molecule has 3 rings (SSSR count). The van der Waals surface area contributed by atoms with Crippen LogP contribution in [0.3, 0.4) is 0 Å². The van der Waals surface area contributed by atoms with Crippen LogP contribution in [0.15, 0.2) is 92.5 Å². The minimum atomic E-state index is 0.668. The fourth-order valence-electron chi connectivity index (χ4n) is 4.20. The number of unbranched alkanes of at least 4 members (excludes halogenated alkanes) is 3. The summed E-state index contributed by atoms with van der Waals surface area (Å²) in [6.07, 6.45) is 12.0. The van der Waals surface area contributed by atoms with Crippen LogP contribution in [-0.2, 0) is 48.2 Å². The Balaban J connectivity index is 0.000000361. The lowest BCUT2D eigenvalue weighted by molar-refractivity contribution is 0.0928. The largest absolute Gasteiger partial charge is 0.385 e. The van der Waals surface area contributed by atoms with Gasteiger partial charge in [-0.3, -0.25) is 0 Å². The lowest BCUT2D eigenvalue weighted by atomic mass is 10.1. The number of rotatable bonds is 24. The maximum Gasteiger partial charge on any atom is 0.0716 e. The zero-order chi connectivity index (χ0) is 34.9. The van der Waals surface area contributed by atoms with E-state index in [4.69, 9.17) is 28.4 Å². The van der Waals surface area contributed by atoms with Crippen LogP contribution in [0.25, 0.3) is 18.2 Å². The van der Waals surface area contributed by atoms with E-state index < -0.39 is 0 Å². The molecule has 0 unspecified atom stereocenters. The third-order valence-electron chi connectivity index (χ3n) is 7.11. The molecule has 0 aromatic heterocycles. The van der Waals surface area contributed by atoms with Gasteiger partial charge in [0, 0.05) is 61.0 Å². The summed E-state index contributed by atoms with van der Waals surface area (Å²) in [7, 11) is 5.17. The van der Waals surface area contributed by atoms with Crippen LogP contribution in [0, 0.1) is 0 Å². The molecular formula is C42H60O6. The first-order valence-electron chi connectivity index (χ1n) is 16.9. The molecule has 0 aliphatic rings. The summed E-state index contributed by atoms with van der Waals surface area (Å²) in [5.74, 6) is 0. The summed E-state index contributed by atoms with van der Waals surface area (Å²) in [5, 5.41) is 0. The molecule has 48 heavy (non-hydrogen) atoms. The topological polar surface area (TPSA) is 55.4 Å². The van der Waals surface area contributed by atoms with E-state index in [2.05, 4.69) is 80.4 Å². The van der Waals surface area contributed by atoms with Crippen LogP contribution < -0.4 is 0 Å². The van der Waals surface area contributed by atoms with Crippen LogP contribution in [0.2, 0.25) is 0 Å². The number of hydrogen-bond donors (Lipinski definition) is 0. The molecule has 0 saturated carbocycles. The third kappa shape index (κ3) is 23.0. The zero-order valence-corrected chi connectivity index (χ0v) is 29.8. The van der Waals surface area contributed by atoms with Gasteiger partial charge in [0.05, 0.1) is 19.8 Å². The quantitative estimate of drug-likeness (QED) is 0.0892. The van der Waals surface area contributed by atoms with Crippen molar-refractivity contribution >= 4 is 18.2 Å². The van der Waals surface area contributed by atoms with Crippen LogP contribution in [0.5, 0.6) is 0 Å². The van der Waals surface area contributed by atoms with E-state index >= 15 is 0 Å². The molecule has 3 aromatic rings. The molecule has 0 fully saturated rings. The molecule has 0 N–H and O–H groups in total. The summed E-state index contributed by atoms with van der Waals surface area (Å²) in [6.45, 7) is 18.0. The lowest BCUT2D eigenvalue weighted by Gasteiger charge is -2.05. The van der Waals surface area contributed by atoms with Crippen molar-refractivity contribution in [3.8, 4) is 0 Å². The van der Waals surface area contributed by atoms with Gasteiger partial charge in [-0.2, -0.15) is 0 Å². The molecule has 0 amide bonds. The molecular weight excluding hydrogens is 600 g/mol. The zero-order valence-electron chi connectivity index (χ0n) is 29.8. The molecule has 0 aliphatic carbocycles. The second-order valence-corrected chi connectivity index (χ2v) is 11.1. The van der Waals surface area contributed by atoms with Gasteiger partial charge >= 0.3 is 0 Å². The first kappa shape index (κ1) is 42.7. The van der Waals surface area contributed by atoms with E-state index in [1.165, 1.54) is 23.1 Å². The van der Waals surface area contributed by atoms with Crippen molar-refractivity contribution in [1.29, 1.82) is 0 Å². The van der Waals surface area contributed by atoms with Gasteiger partial charge in [0.2, 0.25) is 0 Å². The third-order valence-corrected chi connectivity index (χ3v) is 7.11. The van der Waals surface area contributed by atoms with Gasteiger partial charge < -0.3 is 28.4 Å². The van der Waals surface area contributed by atoms with E-state index in [-0.39, 0.29) is 0 Å². The first-order valence-corrected chi connectivity index (χ1v) is 16.9. The monoisotopic (exact) mass is 660 g/mol. The van der Waals surface area contributed by atoms with Gasteiger partial charge in [-0.15, -0.1) is 0 Å². The first-order chi connectivity index (χ1) is 23.6. The number of methoxy groups -OCH3 is 3. The molecule has 0 atom stereocenters. The summed E-state index contributed by atoms with van der Waals surface area (Å²) in [4.78, 5) is 0. The van der Waals surface area contributed by atoms with Gasteiger partial charge in [0.1, 0.15) is 0 Å². The van der Waals surface area contributed by atoms with Crippen molar-refractivity contribution in [3.05, 3.63) is 126 Å². The summed E-state index contributed by atoms with van der Waals surface area (Å²) < 4.78 is 31.5. The molecule has 0 bridgehead atoms. The highest BCUT2D eigenvalue weighted by Gasteiger charge is 1.96. The van der Waals surface area contributed by atoms with E-state index in [0.29, 0.717) is 19.8 Å². The lowest BCUT2D eigenvalue weighted by Crippen LogP contribution is -1.99. The standard InChI is InChI=1S/C15H22O2.C14H20O2.C13H18O2/c1-3-14-7-9-15(10-8-14)13-17-12-6-4-5-11-16-2;1-3-13-6-8-14(9-7-13)12-16-11-5-4-10-15-2;1-3-12-5-7-13(8-6-12)11-15-10-4-9-14-2/h3,7-10H,1,4-6,11-13H2,2H3;3,6-9H,1,4-5,10-12H2,2H3;3,5-8H,1,4,9-11H2,2H3. The van der Waals surface area contributed by atoms with Crippen molar-refractivity contribution in [3.63, 3.8) is 0 Å². The van der Waals surface area contributed by atoms with Gasteiger partial charge in [-0.1, -0.05) is 111 Å². The summed E-state index contributed by atoms with van der Waals surface area (Å²) in [5.41, 5.74) is 7.04. The van der Waals surface area contributed by atoms with Crippen LogP contribution in [0.1, 0.15) is 71.9 Å². The highest BCUT2D eigenvalue weighted by molar-refractivity contribution is 5.48. The molecule has 0 heterocycles. The Morgan fingerprint density at radius 3 is 0.979 bits per heavy atom. The Hall–Kier alpha value is -3.36. The van der Waals surface area contributed by atoms with Crippen molar-refractivity contribution in [2.75, 3.05) is 61.0 Å². The Bertz CT molecular complexity index is 1170. The van der Waals surface area contributed by atoms with Crippen LogP contribution in [0.4, 0.5) is 0 Å². The molecule has 0 saturated heterocycles. The normalized spacial score (nSPS) is 10.3. The number of benzene rings is 3. The van der Waals surface area contributed by atoms with E-state index in [1.54, 1.807) is 21.3 Å². The van der Waals surface area contributed by atoms with E-state index in [1.807, 2.05) is 30.4 Å². The van der Waals surface area contributed by atoms with Crippen molar-refractivity contribution < 1.29 is 28.4 Å². The van der Waals surface area contributed by atoms with Gasteiger partial charge in [0.25, 0.3) is 0 Å². The molecule has 0 radical (unpaired) electrons. The molecule has 6 nitrogen and oxygen atoms in total. The predicted molar refractivity (Wildman–Crippen MR) is 202 cm³/mol. The Labute approximate surface area is 291 Å². The molecule has 0 aliphatic heterocycles. The second kappa shape index (κ2) is 30.9. The highest BCUT2D eigenvalue weighted by Crippen LogP contribution is 2.09. The molecule has 6 heteroatoms. The second-order valence-electron chi connectivity index (χ2n) is 11.1. The fourth-order valence-corrected chi connectivity index (χ4v) is 4.20. The molecule has 0 spiro atoms. The minimum Gasteiger partial charge on any atom is -0.385 e. The highest BCUT2D eigenvalue weighted by atomic mass is 16.5. The van der Waals surface area contributed by atoms with Crippen molar-refractivity contribution in [2.24, 2.45) is 0 Å².